The van der Waals surface area contributed by atoms with Gasteiger partial charge in [-0.1, -0.05) is 19.9 Å². The molecule has 0 unspecified atom stereocenters. The largest absolute Gasteiger partial charge is 0.350 e. The molecule has 0 bridgehead atoms. The summed E-state index contributed by atoms with van der Waals surface area (Å²) >= 11 is 0. The SMILES string of the molecule is CC(C)c1ccc2c(c1)c(CC#N)cn2C. The van der Waals surface area contributed by atoms with E-state index in [1.807, 2.05) is 7.05 Å². The monoisotopic (exact) mass is 212 g/mol. The Kier molecular flexibility index (Phi) is 2.70. The highest BCUT2D eigenvalue weighted by Crippen LogP contribution is 2.25. The Bertz CT molecular complexity index is 556. The Hall–Kier alpha value is -1.75. The van der Waals surface area contributed by atoms with E-state index in [2.05, 4.69) is 48.9 Å². The number of hydrogen-bond acceptors (Lipinski definition) is 1. The zero-order valence-corrected chi connectivity index (χ0v) is 9.99. The predicted octanol–water partition coefficient (Wildman–Crippen LogP) is 3.37. The van der Waals surface area contributed by atoms with Gasteiger partial charge >= 0.3 is 0 Å². The number of fused-ring (bicyclic) bond motifs is 1. The molecule has 0 atom stereocenters. The first-order valence-corrected chi connectivity index (χ1v) is 5.58. The molecule has 0 fully saturated rings. The van der Waals surface area contributed by atoms with Crippen LogP contribution in [-0.4, -0.2) is 4.57 Å². The summed E-state index contributed by atoms with van der Waals surface area (Å²) in [4.78, 5) is 0. The van der Waals surface area contributed by atoms with Gasteiger partial charge in [0, 0.05) is 24.1 Å². The van der Waals surface area contributed by atoms with Gasteiger partial charge in [-0.3, -0.25) is 0 Å². The maximum Gasteiger partial charge on any atom is 0.0670 e. The van der Waals surface area contributed by atoms with Gasteiger partial charge in [-0.05, 0) is 29.2 Å². The molecule has 0 N–H and O–H groups in total. The van der Waals surface area contributed by atoms with Crippen molar-refractivity contribution in [3.8, 4) is 6.07 Å². The van der Waals surface area contributed by atoms with Crippen molar-refractivity contribution in [3.05, 3.63) is 35.5 Å². The number of aromatic nitrogens is 1. The summed E-state index contributed by atoms with van der Waals surface area (Å²) in [5.74, 6) is 0.527. The molecule has 2 nitrogen and oxygen atoms in total. The smallest absolute Gasteiger partial charge is 0.0670 e. The highest BCUT2D eigenvalue weighted by molar-refractivity contribution is 5.85. The van der Waals surface area contributed by atoms with E-state index < -0.39 is 0 Å². The van der Waals surface area contributed by atoms with E-state index in [0.717, 1.165) is 5.56 Å². The summed E-state index contributed by atoms with van der Waals surface area (Å²) < 4.78 is 2.09. The first-order valence-electron chi connectivity index (χ1n) is 5.58. The fraction of sp³-hybridized carbons (Fsp3) is 0.357. The van der Waals surface area contributed by atoms with Crippen LogP contribution in [0.25, 0.3) is 10.9 Å². The topological polar surface area (TPSA) is 28.7 Å². The Morgan fingerprint density at radius 1 is 1.38 bits per heavy atom. The fourth-order valence-electron chi connectivity index (χ4n) is 2.08. The number of aryl methyl sites for hydroxylation is 1. The quantitative estimate of drug-likeness (QED) is 0.750. The van der Waals surface area contributed by atoms with Gasteiger partial charge < -0.3 is 4.57 Å². The van der Waals surface area contributed by atoms with Gasteiger partial charge in [0.05, 0.1) is 12.5 Å². The second kappa shape index (κ2) is 4.02. The summed E-state index contributed by atoms with van der Waals surface area (Å²) in [6, 6.07) is 8.75. The highest BCUT2D eigenvalue weighted by atomic mass is 14.9. The Labute approximate surface area is 96.1 Å². The zero-order valence-electron chi connectivity index (χ0n) is 9.99. The molecule has 0 saturated carbocycles. The molecule has 1 aromatic carbocycles. The maximum absolute atomic E-state index is 8.81. The number of rotatable bonds is 2. The van der Waals surface area contributed by atoms with E-state index >= 15 is 0 Å². The van der Waals surface area contributed by atoms with Crippen LogP contribution in [0, 0.1) is 11.3 Å². The van der Waals surface area contributed by atoms with Crippen molar-refractivity contribution in [1.29, 1.82) is 5.26 Å². The molecular weight excluding hydrogens is 196 g/mol. The summed E-state index contributed by atoms with van der Waals surface area (Å²) in [5.41, 5.74) is 3.66. The third kappa shape index (κ3) is 1.69. The van der Waals surface area contributed by atoms with Crippen molar-refractivity contribution in [1.82, 2.24) is 4.57 Å². The van der Waals surface area contributed by atoms with Crippen LogP contribution in [-0.2, 0) is 13.5 Å². The van der Waals surface area contributed by atoms with Gasteiger partial charge in [-0.25, -0.2) is 0 Å². The van der Waals surface area contributed by atoms with E-state index in [0.29, 0.717) is 12.3 Å². The third-order valence-corrected chi connectivity index (χ3v) is 3.03. The molecule has 16 heavy (non-hydrogen) atoms. The number of nitrogens with zero attached hydrogens (tertiary/aromatic N) is 2. The molecule has 0 saturated heterocycles. The third-order valence-electron chi connectivity index (χ3n) is 3.03. The van der Waals surface area contributed by atoms with Crippen LogP contribution in [0.3, 0.4) is 0 Å². The minimum absolute atomic E-state index is 0.485. The van der Waals surface area contributed by atoms with Crippen LogP contribution in [0.1, 0.15) is 30.9 Å². The average molecular weight is 212 g/mol. The van der Waals surface area contributed by atoms with Gasteiger partial charge in [-0.2, -0.15) is 5.26 Å². The number of benzene rings is 1. The van der Waals surface area contributed by atoms with Gasteiger partial charge in [0.25, 0.3) is 0 Å². The molecule has 0 aliphatic heterocycles. The van der Waals surface area contributed by atoms with E-state index in [1.165, 1.54) is 16.5 Å². The van der Waals surface area contributed by atoms with Crippen LogP contribution < -0.4 is 0 Å². The lowest BCUT2D eigenvalue weighted by molar-refractivity contribution is 0.868. The van der Waals surface area contributed by atoms with Crippen molar-refractivity contribution in [3.63, 3.8) is 0 Å². The van der Waals surface area contributed by atoms with E-state index in [9.17, 15) is 0 Å². The van der Waals surface area contributed by atoms with Crippen LogP contribution in [0.4, 0.5) is 0 Å². The lowest BCUT2D eigenvalue weighted by Gasteiger charge is -2.05. The first kappa shape index (κ1) is 10.8. The first-order chi connectivity index (χ1) is 7.63. The Morgan fingerprint density at radius 3 is 2.75 bits per heavy atom. The van der Waals surface area contributed by atoms with E-state index in [1.54, 1.807) is 0 Å². The maximum atomic E-state index is 8.81. The Morgan fingerprint density at radius 2 is 2.12 bits per heavy atom. The lowest BCUT2D eigenvalue weighted by atomic mass is 10.00. The molecule has 2 rings (SSSR count). The van der Waals surface area contributed by atoms with E-state index in [-0.39, 0.29) is 0 Å². The molecule has 0 aliphatic rings. The van der Waals surface area contributed by atoms with Gasteiger partial charge in [0.1, 0.15) is 0 Å². The molecular formula is C14H16N2. The van der Waals surface area contributed by atoms with Gasteiger partial charge in [0.2, 0.25) is 0 Å². The van der Waals surface area contributed by atoms with Crippen molar-refractivity contribution < 1.29 is 0 Å². The van der Waals surface area contributed by atoms with Gasteiger partial charge in [-0.15, -0.1) is 0 Å². The molecule has 1 aromatic heterocycles. The summed E-state index contributed by atoms with van der Waals surface area (Å²) in [6.07, 6.45) is 2.54. The van der Waals surface area contributed by atoms with Crippen molar-refractivity contribution >= 4 is 10.9 Å². The number of nitriles is 1. The standard InChI is InChI=1S/C14H16N2/c1-10(2)11-4-5-14-13(8-11)12(6-7-15)9-16(14)3/h4-5,8-10H,6H2,1-3H3. The fourth-order valence-corrected chi connectivity index (χ4v) is 2.08. The van der Waals surface area contributed by atoms with Crippen molar-refractivity contribution in [2.75, 3.05) is 0 Å². The zero-order chi connectivity index (χ0) is 11.7. The van der Waals surface area contributed by atoms with E-state index in [4.69, 9.17) is 5.26 Å². The Balaban J connectivity index is 2.65. The normalized spacial score (nSPS) is 10.9. The second-order valence-corrected chi connectivity index (χ2v) is 4.53. The molecule has 1 heterocycles. The van der Waals surface area contributed by atoms with Crippen LogP contribution in [0.5, 0.6) is 0 Å². The lowest BCUT2D eigenvalue weighted by Crippen LogP contribution is -1.88. The number of hydrogen-bond donors (Lipinski definition) is 0. The highest BCUT2D eigenvalue weighted by Gasteiger charge is 2.08. The van der Waals surface area contributed by atoms with Crippen molar-refractivity contribution in [2.24, 2.45) is 7.05 Å². The molecule has 0 amide bonds. The molecule has 0 radical (unpaired) electrons. The minimum Gasteiger partial charge on any atom is -0.350 e. The summed E-state index contributed by atoms with van der Waals surface area (Å²) in [7, 11) is 2.03. The van der Waals surface area contributed by atoms with Gasteiger partial charge in [0.15, 0.2) is 0 Å². The molecule has 82 valence electrons. The van der Waals surface area contributed by atoms with Crippen LogP contribution >= 0.6 is 0 Å². The average Bonchev–Trinajstić information content (AvgIpc) is 2.56. The van der Waals surface area contributed by atoms with Crippen LogP contribution in [0.2, 0.25) is 0 Å². The second-order valence-electron chi connectivity index (χ2n) is 4.53. The molecule has 0 aliphatic carbocycles. The minimum atomic E-state index is 0.485. The summed E-state index contributed by atoms with van der Waals surface area (Å²) in [6.45, 7) is 4.38. The molecule has 2 heteroatoms. The van der Waals surface area contributed by atoms with Crippen molar-refractivity contribution in [2.45, 2.75) is 26.2 Å². The molecule has 0 spiro atoms. The predicted molar refractivity (Wildman–Crippen MR) is 66.3 cm³/mol. The summed E-state index contributed by atoms with van der Waals surface area (Å²) in [5, 5.41) is 10.0. The molecule has 2 aromatic rings. The van der Waals surface area contributed by atoms with Crippen LogP contribution in [0.15, 0.2) is 24.4 Å².